The summed E-state index contributed by atoms with van der Waals surface area (Å²) in [5.41, 5.74) is 8.35. The minimum Gasteiger partial charge on any atom is -0.350 e. The molecule has 7 nitrogen and oxygen atoms in total. The van der Waals surface area contributed by atoms with Gasteiger partial charge in [-0.25, -0.2) is 4.98 Å². The van der Waals surface area contributed by atoms with Crippen molar-refractivity contribution in [2.24, 2.45) is 0 Å². The van der Waals surface area contributed by atoms with E-state index in [-0.39, 0.29) is 5.56 Å². The molecule has 0 unspecified atom stereocenters. The smallest absolute Gasteiger partial charge is 0.274 e. The van der Waals surface area contributed by atoms with Crippen LogP contribution >= 0.6 is 0 Å². The predicted octanol–water partition coefficient (Wildman–Crippen LogP) is 3.60. The Morgan fingerprint density at radius 2 is 1.84 bits per heavy atom. The van der Waals surface area contributed by atoms with E-state index in [1.165, 1.54) is 21.7 Å². The molecule has 0 saturated heterocycles. The highest BCUT2D eigenvalue weighted by atomic mass is 16.1. The zero-order valence-electron chi connectivity index (χ0n) is 18.2. The van der Waals surface area contributed by atoms with Crippen molar-refractivity contribution in [2.45, 2.75) is 45.6 Å². The van der Waals surface area contributed by atoms with Gasteiger partial charge in [0.15, 0.2) is 11.5 Å². The molecule has 5 heterocycles. The highest BCUT2D eigenvalue weighted by Crippen LogP contribution is 2.44. The van der Waals surface area contributed by atoms with Crippen LogP contribution in [0.3, 0.4) is 0 Å². The van der Waals surface area contributed by atoms with E-state index in [0.29, 0.717) is 18.1 Å². The van der Waals surface area contributed by atoms with E-state index in [4.69, 9.17) is 10.1 Å². The third-order valence-corrected chi connectivity index (χ3v) is 6.57. The van der Waals surface area contributed by atoms with Crippen molar-refractivity contribution in [2.75, 3.05) is 11.4 Å². The van der Waals surface area contributed by atoms with Crippen molar-refractivity contribution in [3.8, 4) is 11.1 Å². The van der Waals surface area contributed by atoms with Crippen molar-refractivity contribution in [3.63, 3.8) is 0 Å². The molecule has 1 aliphatic heterocycles. The summed E-state index contributed by atoms with van der Waals surface area (Å²) in [6.45, 7) is 5.65. The van der Waals surface area contributed by atoms with E-state index < -0.39 is 0 Å². The van der Waals surface area contributed by atoms with Crippen LogP contribution in [0.5, 0.6) is 0 Å². The zero-order chi connectivity index (χ0) is 21.8. The number of hydrogen-bond acceptors (Lipinski definition) is 6. The second-order valence-electron chi connectivity index (χ2n) is 8.84. The van der Waals surface area contributed by atoms with Crippen LogP contribution in [0.15, 0.2) is 47.7 Å². The molecule has 1 saturated carbocycles. The molecular weight excluding hydrogens is 400 g/mol. The van der Waals surface area contributed by atoms with Gasteiger partial charge in [0.25, 0.3) is 5.56 Å². The first-order valence-electron chi connectivity index (χ1n) is 11.1. The first-order valence-corrected chi connectivity index (χ1v) is 11.1. The average molecular weight is 425 g/mol. The fourth-order valence-corrected chi connectivity index (χ4v) is 4.70. The summed E-state index contributed by atoms with van der Waals surface area (Å²) in [5, 5.41) is 4.77. The number of aryl methyl sites for hydroxylation is 1. The van der Waals surface area contributed by atoms with E-state index in [2.05, 4.69) is 33.9 Å². The summed E-state index contributed by atoms with van der Waals surface area (Å²) in [6, 6.07) is 7.80. The molecule has 1 aliphatic carbocycles. The molecule has 0 aromatic carbocycles. The third-order valence-electron chi connectivity index (χ3n) is 6.57. The molecule has 0 atom stereocenters. The maximum atomic E-state index is 12.6. The summed E-state index contributed by atoms with van der Waals surface area (Å²) in [5.74, 6) is 1.35. The standard InChI is InChI=1S/C25H24N6O/c1-15-3-4-18(12-27-15)19-11-20-14-30(10-8-21(20)28-13-19)24-16(2)23(17-5-6-17)25-26-9-7-22(32)31(25)29-24/h3-4,7,9,11-13,17H,5-6,8,10,14H2,1-2H3. The Kier molecular flexibility index (Phi) is 4.31. The minimum absolute atomic E-state index is 0.133. The van der Waals surface area contributed by atoms with Crippen molar-refractivity contribution in [1.29, 1.82) is 0 Å². The summed E-state index contributed by atoms with van der Waals surface area (Å²) in [7, 11) is 0. The van der Waals surface area contributed by atoms with Gasteiger partial charge < -0.3 is 4.90 Å². The van der Waals surface area contributed by atoms with Crippen LogP contribution in [-0.4, -0.2) is 31.1 Å². The van der Waals surface area contributed by atoms with Crippen LogP contribution < -0.4 is 10.5 Å². The van der Waals surface area contributed by atoms with Gasteiger partial charge in [-0.3, -0.25) is 14.8 Å². The molecule has 6 rings (SSSR count). The molecule has 0 spiro atoms. The lowest BCUT2D eigenvalue weighted by molar-refractivity contribution is 0.683. The van der Waals surface area contributed by atoms with E-state index in [9.17, 15) is 4.79 Å². The highest BCUT2D eigenvalue weighted by Gasteiger charge is 2.32. The van der Waals surface area contributed by atoms with Gasteiger partial charge >= 0.3 is 0 Å². The van der Waals surface area contributed by atoms with E-state index in [1.807, 2.05) is 25.4 Å². The maximum Gasteiger partial charge on any atom is 0.274 e. The number of aromatic nitrogens is 5. The van der Waals surface area contributed by atoms with Gasteiger partial charge in [-0.1, -0.05) is 6.07 Å². The number of anilines is 1. The second-order valence-corrected chi connectivity index (χ2v) is 8.84. The van der Waals surface area contributed by atoms with Gasteiger partial charge in [0, 0.05) is 77.8 Å². The van der Waals surface area contributed by atoms with E-state index in [1.54, 1.807) is 6.20 Å². The lowest BCUT2D eigenvalue weighted by Crippen LogP contribution is -2.34. The number of fused-ring (bicyclic) bond motifs is 2. The van der Waals surface area contributed by atoms with Crippen LogP contribution in [0.1, 0.15) is 46.8 Å². The van der Waals surface area contributed by atoms with Crippen LogP contribution in [0.2, 0.25) is 0 Å². The van der Waals surface area contributed by atoms with Crippen molar-refractivity contribution < 1.29 is 0 Å². The summed E-state index contributed by atoms with van der Waals surface area (Å²) in [4.78, 5) is 28.5. The van der Waals surface area contributed by atoms with Gasteiger partial charge in [0.2, 0.25) is 0 Å². The molecule has 0 radical (unpaired) electrons. The largest absolute Gasteiger partial charge is 0.350 e. The third kappa shape index (κ3) is 3.16. The molecule has 4 aromatic heterocycles. The maximum absolute atomic E-state index is 12.6. The molecule has 2 aliphatic rings. The number of rotatable bonds is 3. The Morgan fingerprint density at radius 3 is 2.62 bits per heavy atom. The molecule has 160 valence electrons. The Labute approximate surface area is 185 Å². The average Bonchev–Trinajstić information content (AvgIpc) is 3.64. The van der Waals surface area contributed by atoms with Gasteiger partial charge in [-0.15, -0.1) is 5.10 Å². The van der Waals surface area contributed by atoms with Crippen LogP contribution in [0.25, 0.3) is 16.8 Å². The second kappa shape index (κ2) is 7.22. The van der Waals surface area contributed by atoms with Crippen molar-refractivity contribution in [1.82, 2.24) is 24.6 Å². The van der Waals surface area contributed by atoms with E-state index in [0.717, 1.165) is 59.7 Å². The molecule has 32 heavy (non-hydrogen) atoms. The molecular formula is C25H24N6O. The van der Waals surface area contributed by atoms with Gasteiger partial charge in [0.1, 0.15) is 0 Å². The highest BCUT2D eigenvalue weighted by molar-refractivity contribution is 5.65. The van der Waals surface area contributed by atoms with Crippen LogP contribution in [0.4, 0.5) is 5.82 Å². The molecule has 4 aromatic rings. The first-order chi connectivity index (χ1) is 15.6. The lowest BCUT2D eigenvalue weighted by Gasteiger charge is -2.31. The quantitative estimate of drug-likeness (QED) is 0.500. The van der Waals surface area contributed by atoms with Gasteiger partial charge in [0.05, 0.1) is 0 Å². The monoisotopic (exact) mass is 424 g/mol. The Bertz CT molecular complexity index is 1400. The zero-order valence-corrected chi connectivity index (χ0v) is 18.2. The van der Waals surface area contributed by atoms with Gasteiger partial charge in [-0.05, 0) is 50.3 Å². The summed E-state index contributed by atoms with van der Waals surface area (Å²) in [6.07, 6.45) is 8.57. The van der Waals surface area contributed by atoms with Crippen LogP contribution in [0, 0.1) is 13.8 Å². The molecule has 7 heteroatoms. The SMILES string of the molecule is Cc1ccc(-c2cnc3c(c2)CN(c2nn4c(=O)ccnc4c(C4CC4)c2C)CC3)cn1. The predicted molar refractivity (Wildman–Crippen MR) is 123 cm³/mol. The molecule has 0 bridgehead atoms. The molecule has 0 amide bonds. The van der Waals surface area contributed by atoms with E-state index >= 15 is 0 Å². The Morgan fingerprint density at radius 1 is 1.00 bits per heavy atom. The number of hydrogen-bond donors (Lipinski definition) is 0. The number of nitrogens with zero attached hydrogens (tertiary/aromatic N) is 6. The van der Waals surface area contributed by atoms with Gasteiger partial charge in [-0.2, -0.15) is 4.52 Å². The Balaban J connectivity index is 1.42. The normalized spacial score (nSPS) is 15.8. The summed E-state index contributed by atoms with van der Waals surface area (Å²) < 4.78 is 1.48. The van der Waals surface area contributed by atoms with Crippen molar-refractivity contribution >= 4 is 11.5 Å². The van der Waals surface area contributed by atoms with Crippen LogP contribution in [-0.2, 0) is 13.0 Å². The number of pyridine rings is 2. The van der Waals surface area contributed by atoms with Crippen molar-refractivity contribution in [3.05, 3.63) is 81.3 Å². The fourth-order valence-electron chi connectivity index (χ4n) is 4.70. The molecule has 1 fully saturated rings. The fraction of sp³-hybridized carbons (Fsp3) is 0.320. The first kappa shape index (κ1) is 19.1. The Hall–Kier alpha value is -3.61. The lowest BCUT2D eigenvalue weighted by atomic mass is 10.00. The topological polar surface area (TPSA) is 76.3 Å². The summed E-state index contributed by atoms with van der Waals surface area (Å²) >= 11 is 0. The minimum atomic E-state index is -0.133. The molecule has 0 N–H and O–H groups in total.